The Morgan fingerprint density at radius 1 is 1.25 bits per heavy atom. The van der Waals surface area contributed by atoms with Gasteiger partial charge in [0.1, 0.15) is 10.7 Å². The third-order valence-electron chi connectivity index (χ3n) is 5.74. The number of carbonyl (C=O) groups is 1. The van der Waals surface area contributed by atoms with Crippen LogP contribution in [0.3, 0.4) is 0 Å². The van der Waals surface area contributed by atoms with E-state index in [-0.39, 0.29) is 17.9 Å². The lowest BCUT2D eigenvalue weighted by Gasteiger charge is -2.03. The average molecular weight is 447 g/mol. The first-order valence-electron chi connectivity index (χ1n) is 10.5. The SMILES string of the molecule is CCOC(=O)c1nn(-c2ccccc2)cc1/C=C1/CCn2c1nc1sc(C)c(C)c1c2=O. The number of rotatable bonds is 4. The molecule has 32 heavy (non-hydrogen) atoms. The molecule has 1 aliphatic rings. The minimum Gasteiger partial charge on any atom is -0.461 e. The number of fused-ring (bicyclic) bond motifs is 2. The molecule has 0 fully saturated rings. The zero-order valence-electron chi connectivity index (χ0n) is 18.1. The lowest BCUT2D eigenvalue weighted by molar-refractivity contribution is 0.0518. The van der Waals surface area contributed by atoms with Crippen LogP contribution in [0, 0.1) is 13.8 Å². The maximum Gasteiger partial charge on any atom is 0.359 e. The van der Waals surface area contributed by atoms with Crippen LogP contribution >= 0.6 is 11.3 Å². The van der Waals surface area contributed by atoms with Gasteiger partial charge in [0, 0.05) is 23.2 Å². The van der Waals surface area contributed by atoms with E-state index in [0.29, 0.717) is 29.7 Å². The molecule has 4 heterocycles. The van der Waals surface area contributed by atoms with Gasteiger partial charge in [0.2, 0.25) is 0 Å². The van der Waals surface area contributed by atoms with Crippen molar-refractivity contribution in [2.24, 2.45) is 0 Å². The van der Waals surface area contributed by atoms with Crippen LogP contribution in [0.5, 0.6) is 0 Å². The van der Waals surface area contributed by atoms with Crippen molar-refractivity contribution >= 4 is 39.2 Å². The van der Waals surface area contributed by atoms with E-state index >= 15 is 0 Å². The summed E-state index contributed by atoms with van der Waals surface area (Å²) in [5.74, 6) is 0.184. The Kier molecular flexibility index (Phi) is 5.01. The van der Waals surface area contributed by atoms with Crippen LogP contribution in [0.15, 0.2) is 41.3 Å². The van der Waals surface area contributed by atoms with Gasteiger partial charge in [0.15, 0.2) is 5.69 Å². The van der Waals surface area contributed by atoms with Gasteiger partial charge in [-0.3, -0.25) is 9.36 Å². The van der Waals surface area contributed by atoms with Crippen molar-refractivity contribution in [3.63, 3.8) is 0 Å². The summed E-state index contributed by atoms with van der Waals surface area (Å²) >= 11 is 1.54. The molecule has 0 saturated carbocycles. The molecule has 162 valence electrons. The second kappa shape index (κ2) is 7.87. The third-order valence-corrected chi connectivity index (χ3v) is 6.84. The molecule has 0 unspecified atom stereocenters. The highest BCUT2D eigenvalue weighted by Gasteiger charge is 2.25. The molecule has 0 bridgehead atoms. The van der Waals surface area contributed by atoms with Crippen LogP contribution in [0.25, 0.3) is 27.6 Å². The Morgan fingerprint density at radius 3 is 2.78 bits per heavy atom. The molecule has 0 atom stereocenters. The highest BCUT2D eigenvalue weighted by molar-refractivity contribution is 7.18. The summed E-state index contributed by atoms with van der Waals surface area (Å²) in [7, 11) is 0. The highest BCUT2D eigenvalue weighted by Crippen LogP contribution is 2.32. The Balaban J connectivity index is 1.65. The summed E-state index contributed by atoms with van der Waals surface area (Å²) in [6.07, 6.45) is 4.38. The van der Waals surface area contributed by atoms with Gasteiger partial charge in [-0.2, -0.15) is 5.10 Å². The zero-order chi connectivity index (χ0) is 22.4. The van der Waals surface area contributed by atoms with Crippen LogP contribution < -0.4 is 5.56 Å². The molecule has 4 aromatic rings. The summed E-state index contributed by atoms with van der Waals surface area (Å²) in [6.45, 7) is 6.58. The Bertz CT molecular complexity index is 1440. The number of para-hydroxylation sites is 1. The van der Waals surface area contributed by atoms with Crippen molar-refractivity contribution in [2.45, 2.75) is 33.7 Å². The van der Waals surface area contributed by atoms with Gasteiger partial charge in [-0.1, -0.05) is 18.2 Å². The molecule has 0 amide bonds. The average Bonchev–Trinajstić information content (AvgIpc) is 3.47. The largest absolute Gasteiger partial charge is 0.461 e. The molecular weight excluding hydrogens is 424 g/mol. The van der Waals surface area contributed by atoms with E-state index in [1.54, 1.807) is 27.5 Å². The molecule has 0 aliphatic carbocycles. The van der Waals surface area contributed by atoms with Gasteiger partial charge in [0.25, 0.3) is 5.56 Å². The molecule has 0 N–H and O–H groups in total. The van der Waals surface area contributed by atoms with Gasteiger partial charge in [-0.05, 0) is 56.5 Å². The van der Waals surface area contributed by atoms with Crippen LogP contribution in [0.1, 0.15) is 45.7 Å². The van der Waals surface area contributed by atoms with Crippen molar-refractivity contribution in [3.05, 3.63) is 74.4 Å². The minimum absolute atomic E-state index is 0.000784. The van der Waals surface area contributed by atoms with E-state index in [9.17, 15) is 9.59 Å². The maximum absolute atomic E-state index is 13.1. The summed E-state index contributed by atoms with van der Waals surface area (Å²) in [6, 6.07) is 9.60. The predicted molar refractivity (Wildman–Crippen MR) is 125 cm³/mol. The van der Waals surface area contributed by atoms with Crippen molar-refractivity contribution in [1.29, 1.82) is 0 Å². The number of aromatic nitrogens is 4. The van der Waals surface area contributed by atoms with Gasteiger partial charge < -0.3 is 4.74 Å². The van der Waals surface area contributed by atoms with Crippen LogP contribution in [0.4, 0.5) is 0 Å². The number of aryl methyl sites for hydroxylation is 2. The number of nitrogens with zero attached hydrogens (tertiary/aromatic N) is 4. The fourth-order valence-corrected chi connectivity index (χ4v) is 5.03. The number of esters is 1. The fraction of sp³-hybridized carbons (Fsp3) is 0.250. The normalized spacial score (nSPS) is 14.3. The topological polar surface area (TPSA) is 79.0 Å². The van der Waals surface area contributed by atoms with Crippen molar-refractivity contribution < 1.29 is 9.53 Å². The number of benzene rings is 1. The first kappa shape index (κ1) is 20.4. The van der Waals surface area contributed by atoms with E-state index in [1.807, 2.05) is 56.5 Å². The molecule has 7 nitrogen and oxygen atoms in total. The number of thiophene rings is 1. The number of carbonyl (C=O) groups excluding carboxylic acids is 1. The zero-order valence-corrected chi connectivity index (χ0v) is 18.9. The monoisotopic (exact) mass is 446 g/mol. The van der Waals surface area contributed by atoms with Crippen LogP contribution in [0.2, 0.25) is 0 Å². The number of ether oxygens (including phenoxy) is 1. The third kappa shape index (κ3) is 3.27. The van der Waals surface area contributed by atoms with Gasteiger partial charge in [0.05, 0.1) is 17.7 Å². The summed E-state index contributed by atoms with van der Waals surface area (Å²) < 4.78 is 8.64. The lowest BCUT2D eigenvalue weighted by atomic mass is 10.1. The smallest absolute Gasteiger partial charge is 0.359 e. The molecule has 0 radical (unpaired) electrons. The molecule has 3 aromatic heterocycles. The summed E-state index contributed by atoms with van der Waals surface area (Å²) in [5.41, 5.74) is 3.64. The standard InChI is InChI=1S/C24H22N4O3S/c1-4-31-24(30)20-17(13-28(26-20)18-8-6-5-7-9-18)12-16-10-11-27-21(16)25-22-19(23(27)29)14(2)15(3)32-22/h5-9,12-13H,4,10-11H2,1-3H3/b16-12-. The predicted octanol–water partition coefficient (Wildman–Crippen LogP) is 4.38. The van der Waals surface area contributed by atoms with Crippen LogP contribution in [-0.4, -0.2) is 31.9 Å². The van der Waals surface area contributed by atoms with Gasteiger partial charge >= 0.3 is 5.97 Å². The molecule has 5 rings (SSSR count). The van der Waals surface area contributed by atoms with E-state index in [4.69, 9.17) is 9.72 Å². The number of hydrogen-bond acceptors (Lipinski definition) is 6. The Labute approximate surface area is 188 Å². The molecule has 0 saturated heterocycles. The first-order valence-corrected chi connectivity index (χ1v) is 11.3. The van der Waals surface area contributed by atoms with Crippen molar-refractivity contribution in [3.8, 4) is 5.69 Å². The Morgan fingerprint density at radius 2 is 2.03 bits per heavy atom. The lowest BCUT2D eigenvalue weighted by Crippen LogP contribution is -2.20. The fourth-order valence-electron chi connectivity index (χ4n) is 4.01. The van der Waals surface area contributed by atoms with E-state index in [1.165, 1.54) is 0 Å². The molecule has 1 aliphatic heterocycles. The second-order valence-electron chi connectivity index (χ2n) is 7.71. The number of allylic oxidation sites excluding steroid dienone is 1. The molecule has 1 aromatic carbocycles. The summed E-state index contributed by atoms with van der Waals surface area (Å²) in [5, 5.41) is 5.20. The van der Waals surface area contributed by atoms with Crippen molar-refractivity contribution in [1.82, 2.24) is 19.3 Å². The quantitative estimate of drug-likeness (QED) is 0.435. The van der Waals surface area contributed by atoms with Gasteiger partial charge in [-0.25, -0.2) is 14.5 Å². The molecular formula is C24H22N4O3S. The summed E-state index contributed by atoms with van der Waals surface area (Å²) in [4.78, 5) is 32.4. The highest BCUT2D eigenvalue weighted by atomic mass is 32.1. The van der Waals surface area contributed by atoms with Gasteiger partial charge in [-0.15, -0.1) is 11.3 Å². The molecule has 8 heteroatoms. The van der Waals surface area contributed by atoms with E-state index < -0.39 is 5.97 Å². The maximum atomic E-state index is 13.1. The number of hydrogen-bond donors (Lipinski definition) is 0. The second-order valence-corrected chi connectivity index (χ2v) is 8.91. The van der Waals surface area contributed by atoms with Crippen molar-refractivity contribution in [2.75, 3.05) is 6.61 Å². The van der Waals surface area contributed by atoms with E-state index in [2.05, 4.69) is 5.10 Å². The van der Waals surface area contributed by atoms with E-state index in [0.717, 1.165) is 26.5 Å². The van der Waals surface area contributed by atoms with Crippen LogP contribution in [-0.2, 0) is 11.3 Å². The minimum atomic E-state index is -0.475. The first-order chi connectivity index (χ1) is 15.5. The Hall–Kier alpha value is -3.52. The molecule has 0 spiro atoms.